The Bertz CT molecular complexity index is 438. The Balaban J connectivity index is 0.00000361. The lowest BCUT2D eigenvalue weighted by Crippen LogP contribution is -2.39. The molecule has 0 aliphatic heterocycles. The number of hydrogen-bond donors (Lipinski definition) is 2. The van der Waals surface area contributed by atoms with Gasteiger partial charge in [-0.05, 0) is 25.0 Å². The third-order valence-electron chi connectivity index (χ3n) is 2.75. The van der Waals surface area contributed by atoms with Crippen LogP contribution in [0, 0.1) is 5.92 Å². The van der Waals surface area contributed by atoms with E-state index in [1.54, 1.807) is 25.3 Å². The Labute approximate surface area is 126 Å². The Hall–Kier alpha value is -1.46. The van der Waals surface area contributed by atoms with Crippen LogP contribution in [0.3, 0.4) is 0 Å². The molecule has 1 aromatic carbocycles. The molecule has 0 saturated heterocycles. The van der Waals surface area contributed by atoms with Crippen LogP contribution >= 0.6 is 12.4 Å². The van der Waals surface area contributed by atoms with Crippen LogP contribution in [-0.4, -0.2) is 25.7 Å². The van der Waals surface area contributed by atoms with Gasteiger partial charge in [0.15, 0.2) is 11.5 Å². The highest BCUT2D eigenvalue weighted by molar-refractivity contribution is 5.95. The molecular weight excluding hydrogens is 280 g/mol. The summed E-state index contributed by atoms with van der Waals surface area (Å²) >= 11 is 0. The van der Waals surface area contributed by atoms with Crippen LogP contribution in [0.15, 0.2) is 18.2 Å². The number of rotatable bonds is 6. The van der Waals surface area contributed by atoms with E-state index in [-0.39, 0.29) is 24.2 Å². The molecular formula is C14H23ClN2O3. The summed E-state index contributed by atoms with van der Waals surface area (Å²) in [5, 5.41) is 2.77. The van der Waals surface area contributed by atoms with Gasteiger partial charge in [0.2, 0.25) is 5.91 Å². The second kappa shape index (κ2) is 8.66. The second-order valence-electron chi connectivity index (χ2n) is 4.56. The van der Waals surface area contributed by atoms with E-state index in [4.69, 9.17) is 15.2 Å². The van der Waals surface area contributed by atoms with Crippen LogP contribution in [0.25, 0.3) is 0 Å². The summed E-state index contributed by atoms with van der Waals surface area (Å²) in [4.78, 5) is 11.9. The normalized spacial score (nSPS) is 11.5. The number of amides is 1. The van der Waals surface area contributed by atoms with E-state index in [0.717, 1.165) is 0 Å². The van der Waals surface area contributed by atoms with Gasteiger partial charge >= 0.3 is 0 Å². The van der Waals surface area contributed by atoms with Crippen LogP contribution < -0.4 is 20.5 Å². The zero-order valence-electron chi connectivity index (χ0n) is 12.3. The van der Waals surface area contributed by atoms with Gasteiger partial charge in [-0.2, -0.15) is 0 Å². The molecule has 0 bridgehead atoms. The monoisotopic (exact) mass is 302 g/mol. The Morgan fingerprint density at radius 1 is 1.35 bits per heavy atom. The van der Waals surface area contributed by atoms with Gasteiger partial charge in [-0.1, -0.05) is 13.8 Å². The molecule has 0 aliphatic carbocycles. The van der Waals surface area contributed by atoms with E-state index in [1.807, 2.05) is 20.8 Å². The predicted molar refractivity (Wildman–Crippen MR) is 82.9 cm³/mol. The SMILES string of the molecule is CCOc1ccc(NC(=O)[C@H](N)C(C)C)cc1OC.Cl. The number of nitrogens with two attached hydrogens (primary N) is 1. The number of nitrogens with one attached hydrogen (secondary N) is 1. The van der Waals surface area contributed by atoms with Crippen molar-refractivity contribution in [1.29, 1.82) is 0 Å². The van der Waals surface area contributed by atoms with Crippen LogP contribution in [0.2, 0.25) is 0 Å². The van der Waals surface area contributed by atoms with Crippen LogP contribution in [0.5, 0.6) is 11.5 Å². The lowest BCUT2D eigenvalue weighted by atomic mass is 10.0. The lowest BCUT2D eigenvalue weighted by molar-refractivity contribution is -0.118. The number of benzene rings is 1. The van der Waals surface area contributed by atoms with Crippen LogP contribution in [0.1, 0.15) is 20.8 Å². The molecule has 0 aliphatic rings. The molecule has 5 nitrogen and oxygen atoms in total. The molecule has 114 valence electrons. The summed E-state index contributed by atoms with van der Waals surface area (Å²) in [6, 6.07) is 4.71. The minimum atomic E-state index is -0.530. The highest BCUT2D eigenvalue weighted by Crippen LogP contribution is 2.30. The van der Waals surface area contributed by atoms with Gasteiger partial charge in [0, 0.05) is 11.8 Å². The molecule has 1 rings (SSSR count). The fourth-order valence-corrected chi connectivity index (χ4v) is 1.55. The molecule has 0 fully saturated rings. The molecule has 0 heterocycles. The molecule has 0 radical (unpaired) electrons. The highest BCUT2D eigenvalue weighted by Gasteiger charge is 2.17. The van der Waals surface area contributed by atoms with E-state index in [1.165, 1.54) is 0 Å². The van der Waals surface area contributed by atoms with Gasteiger partial charge in [-0.25, -0.2) is 0 Å². The first-order valence-electron chi connectivity index (χ1n) is 6.36. The second-order valence-corrected chi connectivity index (χ2v) is 4.56. The minimum Gasteiger partial charge on any atom is -0.493 e. The molecule has 0 saturated carbocycles. The summed E-state index contributed by atoms with van der Waals surface area (Å²) in [5.41, 5.74) is 6.43. The van der Waals surface area contributed by atoms with E-state index in [9.17, 15) is 4.79 Å². The first kappa shape index (κ1) is 18.5. The van der Waals surface area contributed by atoms with E-state index in [0.29, 0.717) is 23.8 Å². The molecule has 1 atom stereocenters. The van der Waals surface area contributed by atoms with Gasteiger partial charge in [-0.3, -0.25) is 4.79 Å². The zero-order chi connectivity index (χ0) is 14.4. The summed E-state index contributed by atoms with van der Waals surface area (Å²) in [6.45, 7) is 6.27. The summed E-state index contributed by atoms with van der Waals surface area (Å²) in [7, 11) is 1.56. The van der Waals surface area contributed by atoms with Crippen molar-refractivity contribution in [1.82, 2.24) is 0 Å². The van der Waals surface area contributed by atoms with Gasteiger partial charge in [0.05, 0.1) is 19.8 Å². The Kier molecular flexibility index (Phi) is 8.03. The number of carbonyl (C=O) groups is 1. The molecule has 6 heteroatoms. The van der Waals surface area contributed by atoms with Gasteiger partial charge < -0.3 is 20.5 Å². The third kappa shape index (κ3) is 4.90. The number of hydrogen-bond acceptors (Lipinski definition) is 4. The standard InChI is InChI=1S/C14H22N2O3.ClH/c1-5-19-11-7-6-10(8-12(11)18-4)16-14(17)13(15)9(2)3;/h6-9,13H,5,15H2,1-4H3,(H,16,17);1H/t13-;/m1./s1. The Morgan fingerprint density at radius 2 is 2.00 bits per heavy atom. The molecule has 0 unspecified atom stereocenters. The zero-order valence-corrected chi connectivity index (χ0v) is 13.1. The smallest absolute Gasteiger partial charge is 0.241 e. The van der Waals surface area contributed by atoms with E-state index >= 15 is 0 Å². The summed E-state index contributed by atoms with van der Waals surface area (Å²) in [5.74, 6) is 1.11. The van der Waals surface area contributed by atoms with Crippen molar-refractivity contribution in [2.75, 3.05) is 19.0 Å². The molecule has 0 aromatic heterocycles. The van der Waals surface area contributed by atoms with Crippen molar-refractivity contribution < 1.29 is 14.3 Å². The predicted octanol–water partition coefficient (Wildman–Crippen LogP) is 2.44. The molecule has 20 heavy (non-hydrogen) atoms. The van der Waals surface area contributed by atoms with Crippen LogP contribution in [0.4, 0.5) is 5.69 Å². The fourth-order valence-electron chi connectivity index (χ4n) is 1.55. The first-order valence-corrected chi connectivity index (χ1v) is 6.36. The molecule has 1 amide bonds. The van der Waals surface area contributed by atoms with Crippen LogP contribution in [-0.2, 0) is 4.79 Å². The van der Waals surface area contributed by atoms with Crippen molar-refractivity contribution in [3.8, 4) is 11.5 Å². The fraction of sp³-hybridized carbons (Fsp3) is 0.500. The van der Waals surface area contributed by atoms with E-state index in [2.05, 4.69) is 5.32 Å². The highest BCUT2D eigenvalue weighted by atomic mass is 35.5. The average molecular weight is 303 g/mol. The van der Waals surface area contributed by atoms with Crippen molar-refractivity contribution in [3.05, 3.63) is 18.2 Å². The molecule has 3 N–H and O–H groups in total. The van der Waals surface area contributed by atoms with Gasteiger partial charge in [-0.15, -0.1) is 12.4 Å². The third-order valence-corrected chi connectivity index (χ3v) is 2.75. The topological polar surface area (TPSA) is 73.6 Å². The van der Waals surface area contributed by atoms with Gasteiger partial charge in [0.1, 0.15) is 0 Å². The number of methoxy groups -OCH3 is 1. The average Bonchev–Trinajstić information content (AvgIpc) is 2.39. The maximum atomic E-state index is 11.9. The number of ether oxygens (including phenoxy) is 2. The van der Waals surface area contributed by atoms with Gasteiger partial charge in [0.25, 0.3) is 0 Å². The number of halogens is 1. The maximum absolute atomic E-state index is 11.9. The number of carbonyl (C=O) groups excluding carboxylic acids is 1. The molecule has 1 aromatic rings. The van der Waals surface area contributed by atoms with Crippen molar-refractivity contribution in [3.63, 3.8) is 0 Å². The number of anilines is 1. The molecule has 0 spiro atoms. The quantitative estimate of drug-likeness (QED) is 0.846. The van der Waals surface area contributed by atoms with Crippen molar-refractivity contribution >= 4 is 24.0 Å². The van der Waals surface area contributed by atoms with E-state index < -0.39 is 6.04 Å². The summed E-state index contributed by atoms with van der Waals surface area (Å²) in [6.07, 6.45) is 0. The summed E-state index contributed by atoms with van der Waals surface area (Å²) < 4.78 is 10.6. The lowest BCUT2D eigenvalue weighted by Gasteiger charge is -2.16. The minimum absolute atomic E-state index is 0. The maximum Gasteiger partial charge on any atom is 0.241 e. The first-order chi connectivity index (χ1) is 8.99. The Morgan fingerprint density at radius 3 is 2.50 bits per heavy atom. The van der Waals surface area contributed by atoms with Crippen molar-refractivity contribution in [2.45, 2.75) is 26.8 Å². The largest absolute Gasteiger partial charge is 0.493 e. The van der Waals surface area contributed by atoms with Crippen molar-refractivity contribution in [2.24, 2.45) is 11.7 Å².